The van der Waals surface area contributed by atoms with Gasteiger partial charge in [-0.2, -0.15) is 5.26 Å². The lowest BCUT2D eigenvalue weighted by molar-refractivity contribution is 0.370. The number of rotatable bonds is 5. The van der Waals surface area contributed by atoms with E-state index in [9.17, 15) is 5.26 Å². The first-order valence-corrected chi connectivity index (χ1v) is 7.31. The normalized spacial score (nSPS) is 19.9. The van der Waals surface area contributed by atoms with Crippen LogP contribution in [0.25, 0.3) is 0 Å². The van der Waals surface area contributed by atoms with E-state index in [1.54, 1.807) is 7.11 Å². The van der Waals surface area contributed by atoms with Crippen LogP contribution in [0, 0.1) is 11.3 Å². The zero-order valence-electron chi connectivity index (χ0n) is 12.3. The number of benzene rings is 1. The van der Waals surface area contributed by atoms with E-state index in [1.807, 2.05) is 18.2 Å². The number of piperidine rings is 1. The van der Waals surface area contributed by atoms with Gasteiger partial charge in [0.2, 0.25) is 0 Å². The molecule has 0 bridgehead atoms. The van der Waals surface area contributed by atoms with Crippen LogP contribution in [-0.2, 0) is 0 Å². The SMILES string of the molecule is COc1cccc(C#N)c1NC(C)CC1CCCCN1. The Labute approximate surface area is 121 Å². The van der Waals surface area contributed by atoms with Crippen LogP contribution < -0.4 is 15.4 Å². The summed E-state index contributed by atoms with van der Waals surface area (Å²) < 4.78 is 5.35. The van der Waals surface area contributed by atoms with Gasteiger partial charge in [-0.3, -0.25) is 0 Å². The molecular weight excluding hydrogens is 250 g/mol. The molecule has 1 fully saturated rings. The Kier molecular flexibility index (Phi) is 5.25. The zero-order chi connectivity index (χ0) is 14.4. The molecule has 2 unspecified atom stereocenters. The molecule has 2 atom stereocenters. The molecule has 4 heteroatoms. The van der Waals surface area contributed by atoms with E-state index < -0.39 is 0 Å². The predicted octanol–water partition coefficient (Wildman–Crippen LogP) is 2.90. The molecule has 0 aromatic heterocycles. The smallest absolute Gasteiger partial charge is 0.143 e. The van der Waals surface area contributed by atoms with E-state index >= 15 is 0 Å². The van der Waals surface area contributed by atoms with E-state index in [2.05, 4.69) is 23.6 Å². The molecule has 1 aromatic carbocycles. The summed E-state index contributed by atoms with van der Waals surface area (Å²) in [6, 6.07) is 8.64. The highest BCUT2D eigenvalue weighted by molar-refractivity contribution is 5.66. The third-order valence-electron chi connectivity index (χ3n) is 3.81. The Balaban J connectivity index is 2.03. The highest BCUT2D eigenvalue weighted by atomic mass is 16.5. The van der Waals surface area contributed by atoms with Gasteiger partial charge >= 0.3 is 0 Å². The van der Waals surface area contributed by atoms with Gasteiger partial charge in [0.25, 0.3) is 0 Å². The molecule has 1 heterocycles. The van der Waals surface area contributed by atoms with Crippen molar-refractivity contribution in [3.05, 3.63) is 23.8 Å². The topological polar surface area (TPSA) is 57.1 Å². The minimum atomic E-state index is 0.300. The minimum absolute atomic E-state index is 0.300. The summed E-state index contributed by atoms with van der Waals surface area (Å²) in [5.41, 5.74) is 1.44. The Morgan fingerprint density at radius 3 is 3.00 bits per heavy atom. The van der Waals surface area contributed by atoms with E-state index in [0.29, 0.717) is 17.6 Å². The molecule has 0 amide bonds. The summed E-state index contributed by atoms with van der Waals surface area (Å²) in [5, 5.41) is 16.2. The quantitative estimate of drug-likeness (QED) is 0.866. The molecule has 4 nitrogen and oxygen atoms in total. The molecule has 0 spiro atoms. The molecule has 1 aromatic rings. The number of hydrogen-bond donors (Lipinski definition) is 2. The monoisotopic (exact) mass is 273 g/mol. The van der Waals surface area contributed by atoms with Crippen LogP contribution in [0.1, 0.15) is 38.2 Å². The first-order valence-electron chi connectivity index (χ1n) is 7.31. The standard InChI is InChI=1S/C16H23N3O/c1-12(10-14-7-3-4-9-18-14)19-16-13(11-17)6-5-8-15(16)20-2/h5-6,8,12,14,18-19H,3-4,7,9-10H2,1-2H3. The first-order chi connectivity index (χ1) is 9.74. The average molecular weight is 273 g/mol. The number of hydrogen-bond acceptors (Lipinski definition) is 4. The van der Waals surface area contributed by atoms with Gasteiger partial charge in [0.1, 0.15) is 11.8 Å². The summed E-state index contributed by atoms with van der Waals surface area (Å²) in [7, 11) is 1.63. The molecule has 2 N–H and O–H groups in total. The van der Waals surface area contributed by atoms with Gasteiger partial charge in [-0.05, 0) is 44.9 Å². The van der Waals surface area contributed by atoms with Crippen LogP contribution in [0.3, 0.4) is 0 Å². The largest absolute Gasteiger partial charge is 0.495 e. The maximum atomic E-state index is 9.21. The van der Waals surface area contributed by atoms with E-state index in [0.717, 1.165) is 24.4 Å². The highest BCUT2D eigenvalue weighted by Gasteiger charge is 2.17. The molecular formula is C16H23N3O. The molecule has 0 radical (unpaired) electrons. The molecule has 0 saturated carbocycles. The molecule has 0 aliphatic carbocycles. The molecule has 2 rings (SSSR count). The number of nitriles is 1. The van der Waals surface area contributed by atoms with Gasteiger partial charge in [0.05, 0.1) is 18.4 Å². The van der Waals surface area contributed by atoms with Crippen molar-refractivity contribution in [2.45, 2.75) is 44.7 Å². The number of ether oxygens (including phenoxy) is 1. The summed E-state index contributed by atoms with van der Waals surface area (Å²) in [4.78, 5) is 0. The lowest BCUT2D eigenvalue weighted by atomic mass is 9.98. The van der Waals surface area contributed by atoms with Gasteiger partial charge in [-0.1, -0.05) is 12.5 Å². The van der Waals surface area contributed by atoms with Crippen LogP contribution >= 0.6 is 0 Å². The Morgan fingerprint density at radius 1 is 1.50 bits per heavy atom. The van der Waals surface area contributed by atoms with Crippen molar-refractivity contribution in [3.8, 4) is 11.8 Å². The number of nitrogens with zero attached hydrogens (tertiary/aromatic N) is 1. The van der Waals surface area contributed by atoms with E-state index in [4.69, 9.17) is 4.74 Å². The van der Waals surface area contributed by atoms with Crippen LogP contribution in [0.4, 0.5) is 5.69 Å². The van der Waals surface area contributed by atoms with Gasteiger partial charge < -0.3 is 15.4 Å². The van der Waals surface area contributed by atoms with Crippen molar-refractivity contribution < 1.29 is 4.74 Å². The van der Waals surface area contributed by atoms with Crippen molar-refractivity contribution in [1.29, 1.82) is 5.26 Å². The van der Waals surface area contributed by atoms with E-state index in [-0.39, 0.29) is 0 Å². The fraction of sp³-hybridized carbons (Fsp3) is 0.562. The van der Waals surface area contributed by atoms with Crippen molar-refractivity contribution in [3.63, 3.8) is 0 Å². The van der Waals surface area contributed by atoms with Crippen molar-refractivity contribution in [2.24, 2.45) is 0 Å². The molecule has 1 aliphatic heterocycles. The first kappa shape index (κ1) is 14.7. The third-order valence-corrected chi connectivity index (χ3v) is 3.81. The van der Waals surface area contributed by atoms with Crippen LogP contribution in [0.5, 0.6) is 5.75 Å². The Bertz CT molecular complexity index is 475. The van der Waals surface area contributed by atoms with Crippen LogP contribution in [0.15, 0.2) is 18.2 Å². The predicted molar refractivity (Wildman–Crippen MR) is 81.1 cm³/mol. The number of para-hydroxylation sites is 1. The van der Waals surface area contributed by atoms with E-state index in [1.165, 1.54) is 19.3 Å². The second-order valence-electron chi connectivity index (χ2n) is 5.42. The van der Waals surface area contributed by atoms with Crippen molar-refractivity contribution in [2.75, 3.05) is 19.0 Å². The third kappa shape index (κ3) is 3.64. The minimum Gasteiger partial charge on any atom is -0.495 e. The van der Waals surface area contributed by atoms with Gasteiger partial charge in [0.15, 0.2) is 0 Å². The summed E-state index contributed by atoms with van der Waals surface area (Å²) in [6.45, 7) is 3.28. The number of anilines is 1. The van der Waals surface area contributed by atoms with Gasteiger partial charge in [-0.15, -0.1) is 0 Å². The Morgan fingerprint density at radius 2 is 2.35 bits per heavy atom. The van der Waals surface area contributed by atoms with Crippen molar-refractivity contribution in [1.82, 2.24) is 5.32 Å². The maximum Gasteiger partial charge on any atom is 0.143 e. The second kappa shape index (κ2) is 7.16. The lowest BCUT2D eigenvalue weighted by Gasteiger charge is -2.27. The molecule has 20 heavy (non-hydrogen) atoms. The maximum absolute atomic E-state index is 9.21. The van der Waals surface area contributed by atoms with Gasteiger partial charge in [-0.25, -0.2) is 0 Å². The lowest BCUT2D eigenvalue weighted by Crippen LogP contribution is -2.37. The zero-order valence-corrected chi connectivity index (χ0v) is 12.3. The van der Waals surface area contributed by atoms with Crippen LogP contribution in [0.2, 0.25) is 0 Å². The van der Waals surface area contributed by atoms with Gasteiger partial charge in [0, 0.05) is 12.1 Å². The molecule has 1 saturated heterocycles. The number of nitrogens with one attached hydrogen (secondary N) is 2. The molecule has 108 valence electrons. The second-order valence-corrected chi connectivity index (χ2v) is 5.42. The number of methoxy groups -OCH3 is 1. The average Bonchev–Trinajstić information content (AvgIpc) is 2.48. The summed E-state index contributed by atoms with van der Waals surface area (Å²) >= 11 is 0. The summed E-state index contributed by atoms with van der Waals surface area (Å²) in [5.74, 6) is 0.729. The summed E-state index contributed by atoms with van der Waals surface area (Å²) in [6.07, 6.45) is 4.89. The van der Waals surface area contributed by atoms with Crippen LogP contribution in [-0.4, -0.2) is 25.7 Å². The fourth-order valence-electron chi connectivity index (χ4n) is 2.80. The fourth-order valence-corrected chi connectivity index (χ4v) is 2.80. The Hall–Kier alpha value is -1.73. The highest BCUT2D eigenvalue weighted by Crippen LogP contribution is 2.29. The molecule has 1 aliphatic rings. The van der Waals surface area contributed by atoms with Crippen molar-refractivity contribution >= 4 is 5.69 Å².